The monoisotopic (exact) mass is 461 g/mol. The summed E-state index contributed by atoms with van der Waals surface area (Å²) >= 11 is 1.47. The third-order valence-electron chi connectivity index (χ3n) is 5.43. The van der Waals surface area contributed by atoms with Crippen LogP contribution in [0.3, 0.4) is 0 Å². The molecule has 0 saturated carbocycles. The summed E-state index contributed by atoms with van der Waals surface area (Å²) in [4.78, 5) is 13.8. The van der Waals surface area contributed by atoms with E-state index in [1.165, 1.54) is 11.8 Å². The maximum absolute atomic E-state index is 13.0. The summed E-state index contributed by atoms with van der Waals surface area (Å²) in [6.07, 6.45) is 1.61. The number of hydrogen-bond acceptors (Lipinski definition) is 6. The topological polar surface area (TPSA) is 81.7 Å². The number of nitrogens with one attached hydrogen (secondary N) is 1. The zero-order valence-corrected chi connectivity index (χ0v) is 19.4. The molecule has 0 bridgehead atoms. The number of carbonyl (C=O) groups is 1. The molecule has 2 aliphatic rings. The van der Waals surface area contributed by atoms with Crippen molar-refractivity contribution < 1.29 is 22.7 Å². The molecule has 2 atom stereocenters. The van der Waals surface area contributed by atoms with Gasteiger partial charge in [-0.3, -0.25) is 4.79 Å². The van der Waals surface area contributed by atoms with Crippen molar-refractivity contribution in [3.05, 3.63) is 53.1 Å². The molecule has 2 aromatic rings. The predicted molar refractivity (Wildman–Crippen MR) is 122 cm³/mol. The van der Waals surface area contributed by atoms with Crippen LogP contribution in [0.25, 0.3) is 0 Å². The first kappa shape index (κ1) is 22.0. The van der Waals surface area contributed by atoms with Gasteiger partial charge < -0.3 is 14.8 Å². The van der Waals surface area contributed by atoms with Crippen LogP contribution in [0, 0.1) is 0 Å². The normalized spacial score (nSPS) is 21.4. The maximum Gasteiger partial charge on any atom is 0.252 e. The van der Waals surface area contributed by atoms with Gasteiger partial charge >= 0.3 is 0 Å². The minimum absolute atomic E-state index is 0.0145. The standard InChI is InChI=1S/C23H27NO5S2/c1-3-28-20-11-16-10-15(2)29-21(16)12-17(20)13-24-23(25)19-6-4-5-7-22(19)30-18-8-9-31(26,27)14-18/h4-7,11-12,15,18H,3,8-10,13-14H2,1-2H3,(H,24,25)/t15-,18-/m0/s1. The summed E-state index contributed by atoms with van der Waals surface area (Å²) in [5.41, 5.74) is 2.55. The zero-order valence-electron chi connectivity index (χ0n) is 17.7. The second-order valence-electron chi connectivity index (χ2n) is 7.95. The fourth-order valence-corrected chi connectivity index (χ4v) is 7.60. The zero-order chi connectivity index (χ0) is 22.0. The molecule has 31 heavy (non-hydrogen) atoms. The molecule has 0 unspecified atom stereocenters. The Balaban J connectivity index is 1.48. The number of rotatable bonds is 7. The van der Waals surface area contributed by atoms with Crippen LogP contribution >= 0.6 is 11.8 Å². The third kappa shape index (κ3) is 5.18. The van der Waals surface area contributed by atoms with Gasteiger partial charge in [0.1, 0.15) is 17.6 Å². The number of ether oxygens (including phenoxy) is 2. The minimum Gasteiger partial charge on any atom is -0.494 e. The van der Waals surface area contributed by atoms with E-state index < -0.39 is 9.84 Å². The van der Waals surface area contributed by atoms with Gasteiger partial charge in [-0.25, -0.2) is 8.42 Å². The van der Waals surface area contributed by atoms with Crippen LogP contribution in [-0.4, -0.2) is 43.8 Å². The van der Waals surface area contributed by atoms with E-state index in [0.717, 1.165) is 33.9 Å². The molecule has 4 rings (SSSR count). The smallest absolute Gasteiger partial charge is 0.252 e. The molecule has 0 aliphatic carbocycles. The molecule has 6 nitrogen and oxygen atoms in total. The van der Waals surface area contributed by atoms with E-state index in [0.29, 0.717) is 25.1 Å². The molecule has 1 fully saturated rings. The number of hydrogen-bond donors (Lipinski definition) is 1. The number of fused-ring (bicyclic) bond motifs is 1. The summed E-state index contributed by atoms with van der Waals surface area (Å²) in [6.45, 7) is 4.83. The number of sulfone groups is 1. The predicted octanol–water partition coefficient (Wildman–Crippen LogP) is 3.62. The third-order valence-corrected chi connectivity index (χ3v) is 8.76. The lowest BCUT2D eigenvalue weighted by Gasteiger charge is -2.15. The first-order valence-corrected chi connectivity index (χ1v) is 13.2. The molecule has 0 aromatic heterocycles. The average molecular weight is 462 g/mol. The van der Waals surface area contributed by atoms with Crippen molar-refractivity contribution in [2.45, 2.75) is 49.5 Å². The van der Waals surface area contributed by atoms with Gasteiger partial charge in [-0.15, -0.1) is 11.8 Å². The van der Waals surface area contributed by atoms with Crippen molar-refractivity contribution in [1.29, 1.82) is 0 Å². The van der Waals surface area contributed by atoms with E-state index in [9.17, 15) is 13.2 Å². The second kappa shape index (κ2) is 9.12. The summed E-state index contributed by atoms with van der Waals surface area (Å²) in [5.74, 6) is 1.80. The molecule has 2 aliphatic heterocycles. The molecule has 1 amide bonds. The Labute approximate surface area is 187 Å². The van der Waals surface area contributed by atoms with Gasteiger partial charge in [-0.1, -0.05) is 12.1 Å². The van der Waals surface area contributed by atoms with Crippen LogP contribution in [0.15, 0.2) is 41.3 Å². The largest absolute Gasteiger partial charge is 0.494 e. The van der Waals surface area contributed by atoms with Crippen LogP contribution in [0.4, 0.5) is 0 Å². The average Bonchev–Trinajstić information content (AvgIpc) is 3.26. The van der Waals surface area contributed by atoms with Gasteiger partial charge in [-0.2, -0.15) is 0 Å². The number of carbonyl (C=O) groups excluding carboxylic acids is 1. The van der Waals surface area contributed by atoms with Crippen molar-refractivity contribution in [3.8, 4) is 11.5 Å². The fraction of sp³-hybridized carbons (Fsp3) is 0.435. The first-order valence-electron chi connectivity index (χ1n) is 10.5. The van der Waals surface area contributed by atoms with Gasteiger partial charge in [0, 0.05) is 34.2 Å². The molecule has 8 heteroatoms. The van der Waals surface area contributed by atoms with Crippen molar-refractivity contribution >= 4 is 27.5 Å². The molecule has 2 heterocycles. The van der Waals surface area contributed by atoms with Crippen LogP contribution in [0.5, 0.6) is 11.5 Å². The summed E-state index contributed by atoms with van der Waals surface area (Å²) in [5, 5.41) is 2.98. The summed E-state index contributed by atoms with van der Waals surface area (Å²) in [7, 11) is -2.96. The summed E-state index contributed by atoms with van der Waals surface area (Å²) in [6, 6.07) is 11.3. The number of thioether (sulfide) groups is 1. The molecule has 1 saturated heterocycles. The van der Waals surface area contributed by atoms with Crippen molar-refractivity contribution in [2.24, 2.45) is 0 Å². The first-order chi connectivity index (χ1) is 14.8. The molecule has 166 valence electrons. The van der Waals surface area contributed by atoms with Crippen molar-refractivity contribution in [3.63, 3.8) is 0 Å². The van der Waals surface area contributed by atoms with Gasteiger partial charge in [-0.05, 0) is 44.5 Å². The van der Waals surface area contributed by atoms with Gasteiger partial charge in [0.15, 0.2) is 9.84 Å². The Bertz CT molecular complexity index is 1080. The van der Waals surface area contributed by atoms with Crippen molar-refractivity contribution in [2.75, 3.05) is 18.1 Å². The summed E-state index contributed by atoms with van der Waals surface area (Å²) < 4.78 is 35.2. The molecular formula is C23H27NO5S2. The highest BCUT2D eigenvalue weighted by Gasteiger charge is 2.29. The fourth-order valence-electron chi connectivity index (χ4n) is 3.97. The lowest BCUT2D eigenvalue weighted by Crippen LogP contribution is -2.24. The Morgan fingerprint density at radius 1 is 1.29 bits per heavy atom. The van der Waals surface area contributed by atoms with Crippen LogP contribution in [0.1, 0.15) is 41.8 Å². The second-order valence-corrected chi connectivity index (χ2v) is 11.5. The quantitative estimate of drug-likeness (QED) is 0.678. The number of amides is 1. The maximum atomic E-state index is 13.0. The van der Waals surface area contributed by atoms with Crippen LogP contribution in [-0.2, 0) is 22.8 Å². The molecular weight excluding hydrogens is 434 g/mol. The molecule has 0 radical (unpaired) electrons. The SMILES string of the molecule is CCOc1cc2c(cc1CNC(=O)c1ccccc1S[C@H]1CCS(=O)(=O)C1)O[C@@H](C)C2. The van der Waals surface area contributed by atoms with Gasteiger partial charge in [0.2, 0.25) is 0 Å². The van der Waals surface area contributed by atoms with Gasteiger partial charge in [0.05, 0.1) is 23.7 Å². The Kier molecular flexibility index (Phi) is 6.48. The van der Waals surface area contributed by atoms with E-state index in [4.69, 9.17) is 9.47 Å². The lowest BCUT2D eigenvalue weighted by molar-refractivity contribution is 0.0947. The lowest BCUT2D eigenvalue weighted by atomic mass is 10.1. The van der Waals surface area contributed by atoms with Crippen molar-refractivity contribution in [1.82, 2.24) is 5.32 Å². The highest BCUT2D eigenvalue weighted by Crippen LogP contribution is 2.36. The van der Waals surface area contributed by atoms with E-state index in [-0.39, 0.29) is 28.8 Å². The highest BCUT2D eigenvalue weighted by atomic mass is 32.2. The molecule has 0 spiro atoms. The van der Waals surface area contributed by atoms with E-state index in [2.05, 4.69) is 5.32 Å². The number of benzene rings is 2. The van der Waals surface area contributed by atoms with E-state index >= 15 is 0 Å². The van der Waals surface area contributed by atoms with E-state index in [1.807, 2.05) is 44.2 Å². The Morgan fingerprint density at radius 3 is 2.84 bits per heavy atom. The van der Waals surface area contributed by atoms with Gasteiger partial charge in [0.25, 0.3) is 5.91 Å². The highest BCUT2D eigenvalue weighted by molar-refractivity contribution is 8.02. The Morgan fingerprint density at radius 2 is 2.10 bits per heavy atom. The Hall–Kier alpha value is -2.19. The van der Waals surface area contributed by atoms with E-state index in [1.54, 1.807) is 6.07 Å². The van der Waals surface area contributed by atoms with Crippen LogP contribution < -0.4 is 14.8 Å². The molecule has 2 aromatic carbocycles. The van der Waals surface area contributed by atoms with Crippen LogP contribution in [0.2, 0.25) is 0 Å². The minimum atomic E-state index is -2.96. The molecule has 1 N–H and O–H groups in total.